The Morgan fingerprint density at radius 2 is 2.53 bits per heavy atom. The first-order valence-electron chi connectivity index (χ1n) is 5.93. The van der Waals surface area contributed by atoms with Crippen molar-refractivity contribution in [2.24, 2.45) is 0 Å². The lowest BCUT2D eigenvalue weighted by molar-refractivity contribution is 0.555. The molecule has 0 amide bonds. The maximum absolute atomic E-state index is 4.40. The van der Waals surface area contributed by atoms with Gasteiger partial charge in [0.05, 0.1) is 5.69 Å². The van der Waals surface area contributed by atoms with Gasteiger partial charge in [0.15, 0.2) is 5.65 Å². The molecule has 4 nitrogen and oxygen atoms in total. The first-order chi connectivity index (χ1) is 8.31. The first kappa shape index (κ1) is 11.0. The van der Waals surface area contributed by atoms with Gasteiger partial charge < -0.3 is 5.32 Å². The van der Waals surface area contributed by atoms with Gasteiger partial charge in [-0.1, -0.05) is 0 Å². The Labute approximate surface area is 105 Å². The molecule has 0 aromatic carbocycles. The van der Waals surface area contributed by atoms with Gasteiger partial charge in [0.25, 0.3) is 0 Å². The summed E-state index contributed by atoms with van der Waals surface area (Å²) in [7, 11) is 0. The van der Waals surface area contributed by atoms with Crippen molar-refractivity contribution in [2.45, 2.75) is 25.9 Å². The third-order valence-corrected chi connectivity index (χ3v) is 4.18. The highest BCUT2D eigenvalue weighted by Crippen LogP contribution is 2.17. The molecule has 0 saturated carbocycles. The summed E-state index contributed by atoms with van der Waals surface area (Å²) in [6.07, 6.45) is 5.27. The van der Waals surface area contributed by atoms with E-state index in [9.17, 15) is 0 Å². The standard InChI is InChI=1S/C12H16N4S/c1-9-4-12-14-6-10(7-16(12)15-9)5-13-11-2-3-17-8-11/h4,6-7,11,13H,2-3,5,8H2,1H3. The lowest BCUT2D eigenvalue weighted by Crippen LogP contribution is -2.28. The average Bonchev–Trinajstić information content (AvgIpc) is 2.92. The number of aromatic nitrogens is 3. The minimum Gasteiger partial charge on any atom is -0.309 e. The Balaban J connectivity index is 1.71. The molecule has 1 atom stereocenters. The lowest BCUT2D eigenvalue weighted by Gasteiger charge is -2.10. The first-order valence-corrected chi connectivity index (χ1v) is 7.09. The predicted molar refractivity (Wildman–Crippen MR) is 70.3 cm³/mol. The Kier molecular flexibility index (Phi) is 3.03. The smallest absolute Gasteiger partial charge is 0.155 e. The van der Waals surface area contributed by atoms with Crippen LogP contribution in [0.4, 0.5) is 0 Å². The molecule has 5 heteroatoms. The average molecular weight is 248 g/mol. The van der Waals surface area contributed by atoms with Crippen LogP contribution in [0.2, 0.25) is 0 Å². The molecule has 0 spiro atoms. The zero-order valence-corrected chi connectivity index (χ0v) is 10.7. The monoisotopic (exact) mass is 248 g/mol. The number of thioether (sulfide) groups is 1. The maximum atomic E-state index is 4.40. The van der Waals surface area contributed by atoms with Gasteiger partial charge in [-0.2, -0.15) is 16.9 Å². The van der Waals surface area contributed by atoms with E-state index >= 15 is 0 Å². The van der Waals surface area contributed by atoms with E-state index in [-0.39, 0.29) is 0 Å². The molecule has 1 fully saturated rings. The molecule has 1 aliphatic heterocycles. The van der Waals surface area contributed by atoms with Crippen molar-refractivity contribution in [1.29, 1.82) is 0 Å². The summed E-state index contributed by atoms with van der Waals surface area (Å²) < 4.78 is 1.86. The quantitative estimate of drug-likeness (QED) is 0.896. The Morgan fingerprint density at radius 1 is 1.59 bits per heavy atom. The van der Waals surface area contributed by atoms with Crippen molar-refractivity contribution in [2.75, 3.05) is 11.5 Å². The van der Waals surface area contributed by atoms with Crippen LogP contribution in [0.1, 0.15) is 17.7 Å². The van der Waals surface area contributed by atoms with Crippen LogP contribution < -0.4 is 5.32 Å². The zero-order valence-electron chi connectivity index (χ0n) is 9.89. The molecule has 0 bridgehead atoms. The van der Waals surface area contributed by atoms with E-state index in [1.54, 1.807) is 0 Å². The molecule has 0 aliphatic carbocycles. The molecule has 17 heavy (non-hydrogen) atoms. The summed E-state index contributed by atoms with van der Waals surface area (Å²) in [6.45, 7) is 2.87. The number of nitrogens with one attached hydrogen (secondary N) is 1. The van der Waals surface area contributed by atoms with Crippen LogP contribution in [0, 0.1) is 6.92 Å². The summed E-state index contributed by atoms with van der Waals surface area (Å²) in [5, 5.41) is 7.94. The molecule has 3 rings (SSSR count). The van der Waals surface area contributed by atoms with Crippen LogP contribution >= 0.6 is 11.8 Å². The summed E-state index contributed by atoms with van der Waals surface area (Å²) in [5.74, 6) is 2.52. The van der Waals surface area contributed by atoms with E-state index in [1.807, 2.05) is 35.5 Å². The normalized spacial score (nSPS) is 20.2. The second-order valence-electron chi connectivity index (χ2n) is 4.49. The summed E-state index contributed by atoms with van der Waals surface area (Å²) in [6, 6.07) is 2.65. The summed E-state index contributed by atoms with van der Waals surface area (Å²) in [4.78, 5) is 4.40. The van der Waals surface area contributed by atoms with Crippen LogP contribution in [0.3, 0.4) is 0 Å². The Hall–Kier alpha value is -1.07. The fourth-order valence-electron chi connectivity index (χ4n) is 2.08. The largest absolute Gasteiger partial charge is 0.309 e. The Bertz CT molecular complexity index is 516. The second kappa shape index (κ2) is 4.66. The van der Waals surface area contributed by atoms with Gasteiger partial charge in [-0.15, -0.1) is 0 Å². The van der Waals surface area contributed by atoms with E-state index in [1.165, 1.54) is 23.5 Å². The highest BCUT2D eigenvalue weighted by Gasteiger charge is 2.14. The Morgan fingerprint density at radius 3 is 3.35 bits per heavy atom. The van der Waals surface area contributed by atoms with Gasteiger partial charge in [0, 0.05) is 42.4 Å². The maximum Gasteiger partial charge on any atom is 0.155 e. The van der Waals surface area contributed by atoms with Gasteiger partial charge in [-0.25, -0.2) is 9.50 Å². The minimum atomic E-state index is 0.662. The molecule has 1 N–H and O–H groups in total. The fourth-order valence-corrected chi connectivity index (χ4v) is 3.27. The van der Waals surface area contributed by atoms with Crippen molar-refractivity contribution in [3.05, 3.63) is 29.7 Å². The van der Waals surface area contributed by atoms with Crippen LogP contribution in [0.25, 0.3) is 5.65 Å². The molecular weight excluding hydrogens is 232 g/mol. The van der Waals surface area contributed by atoms with Crippen LogP contribution in [-0.4, -0.2) is 32.1 Å². The van der Waals surface area contributed by atoms with Gasteiger partial charge >= 0.3 is 0 Å². The minimum absolute atomic E-state index is 0.662. The lowest BCUT2D eigenvalue weighted by atomic mass is 10.2. The van der Waals surface area contributed by atoms with Gasteiger partial charge in [0.1, 0.15) is 0 Å². The van der Waals surface area contributed by atoms with Crippen LogP contribution in [-0.2, 0) is 6.54 Å². The van der Waals surface area contributed by atoms with E-state index in [4.69, 9.17) is 0 Å². The second-order valence-corrected chi connectivity index (χ2v) is 5.64. The van der Waals surface area contributed by atoms with Crippen molar-refractivity contribution in [1.82, 2.24) is 19.9 Å². The van der Waals surface area contributed by atoms with Gasteiger partial charge in [-0.05, 0) is 19.1 Å². The number of hydrogen-bond donors (Lipinski definition) is 1. The molecule has 1 saturated heterocycles. The van der Waals surface area contributed by atoms with Crippen LogP contribution in [0.5, 0.6) is 0 Å². The molecule has 2 aromatic heterocycles. The number of nitrogens with zero attached hydrogens (tertiary/aromatic N) is 3. The highest BCUT2D eigenvalue weighted by atomic mass is 32.2. The summed E-state index contributed by atoms with van der Waals surface area (Å²) >= 11 is 2.03. The van der Waals surface area contributed by atoms with E-state index in [2.05, 4.69) is 21.6 Å². The van der Waals surface area contributed by atoms with Crippen molar-refractivity contribution in [3.8, 4) is 0 Å². The zero-order chi connectivity index (χ0) is 11.7. The SMILES string of the molecule is Cc1cc2ncc(CNC3CCSC3)cn2n1. The number of hydrogen-bond acceptors (Lipinski definition) is 4. The highest BCUT2D eigenvalue weighted by molar-refractivity contribution is 7.99. The third-order valence-electron chi connectivity index (χ3n) is 3.01. The van der Waals surface area contributed by atoms with Gasteiger partial charge in [-0.3, -0.25) is 0 Å². The molecule has 0 radical (unpaired) electrons. The molecular formula is C12H16N4S. The van der Waals surface area contributed by atoms with E-state index < -0.39 is 0 Å². The van der Waals surface area contributed by atoms with Gasteiger partial charge in [0.2, 0.25) is 0 Å². The predicted octanol–water partition coefficient (Wildman–Crippen LogP) is 1.63. The topological polar surface area (TPSA) is 42.2 Å². The molecule has 1 aliphatic rings. The number of aryl methyl sites for hydroxylation is 1. The molecule has 90 valence electrons. The van der Waals surface area contributed by atoms with E-state index in [0.29, 0.717) is 6.04 Å². The van der Waals surface area contributed by atoms with Crippen molar-refractivity contribution >= 4 is 17.4 Å². The van der Waals surface area contributed by atoms with Crippen LogP contribution in [0.15, 0.2) is 18.5 Å². The van der Waals surface area contributed by atoms with Crippen molar-refractivity contribution in [3.63, 3.8) is 0 Å². The molecule has 1 unspecified atom stereocenters. The third kappa shape index (κ3) is 2.45. The molecule has 2 aromatic rings. The number of fused-ring (bicyclic) bond motifs is 1. The van der Waals surface area contributed by atoms with Crippen molar-refractivity contribution < 1.29 is 0 Å². The summed E-state index contributed by atoms with van der Waals surface area (Å²) in [5.41, 5.74) is 3.12. The van der Waals surface area contributed by atoms with E-state index in [0.717, 1.165) is 17.9 Å². The molecule has 3 heterocycles. The number of rotatable bonds is 3. The fraction of sp³-hybridized carbons (Fsp3) is 0.500.